The van der Waals surface area contributed by atoms with E-state index in [4.69, 9.17) is 4.74 Å². The summed E-state index contributed by atoms with van der Waals surface area (Å²) in [6.07, 6.45) is -0.956. The van der Waals surface area contributed by atoms with Crippen molar-refractivity contribution in [1.82, 2.24) is 0 Å². The molecule has 0 aliphatic carbocycles. The number of rotatable bonds is 4. The van der Waals surface area contributed by atoms with Gasteiger partial charge >= 0.3 is 5.97 Å². The number of hydrogen-bond acceptors (Lipinski definition) is 5. The predicted octanol–water partition coefficient (Wildman–Crippen LogP) is 3.22. The highest BCUT2D eigenvalue weighted by atomic mass is 32.2. The minimum absolute atomic E-state index is 0.112. The molecule has 26 heavy (non-hydrogen) atoms. The van der Waals surface area contributed by atoms with Gasteiger partial charge in [0.1, 0.15) is 0 Å². The van der Waals surface area contributed by atoms with Crippen molar-refractivity contribution in [3.8, 4) is 0 Å². The summed E-state index contributed by atoms with van der Waals surface area (Å²) in [5.41, 5.74) is 2.52. The van der Waals surface area contributed by atoms with Crippen LogP contribution in [-0.4, -0.2) is 29.6 Å². The average Bonchev–Trinajstić information content (AvgIpc) is 2.60. The van der Waals surface area contributed by atoms with Gasteiger partial charge in [-0.05, 0) is 49.7 Å². The van der Waals surface area contributed by atoms with Gasteiger partial charge in [0.2, 0.25) is 5.91 Å². The van der Waals surface area contributed by atoms with E-state index in [9.17, 15) is 14.4 Å². The van der Waals surface area contributed by atoms with Crippen LogP contribution in [0.25, 0.3) is 0 Å². The number of carbonyl (C=O) groups excluding carboxylic acids is 3. The topological polar surface area (TPSA) is 84.5 Å². The fourth-order valence-corrected chi connectivity index (χ4v) is 3.25. The number of nitrogens with one attached hydrogen (secondary N) is 2. The molecule has 2 amide bonds. The van der Waals surface area contributed by atoms with Crippen LogP contribution in [0.4, 0.5) is 11.4 Å². The minimum atomic E-state index is -0.956. The maximum absolute atomic E-state index is 12.3. The number of ether oxygens (including phenoxy) is 1. The number of esters is 1. The predicted molar refractivity (Wildman–Crippen MR) is 100 cm³/mol. The number of thioether (sulfide) groups is 1. The standard InChI is InChI=1S/C19H18N2O4S/c1-11-4-3-5-14(8-11)20-18(23)12(2)25-19(24)13-6-7-16-15(9-13)21-17(22)10-26-16/h3-9,12H,10H2,1-2H3,(H,20,23)(H,21,22)/t12-/m1/s1. The third-order valence-corrected chi connectivity index (χ3v) is 4.86. The van der Waals surface area contributed by atoms with E-state index in [2.05, 4.69) is 10.6 Å². The second-order valence-corrected chi connectivity index (χ2v) is 6.97. The number of aryl methyl sites for hydroxylation is 1. The molecule has 1 aliphatic rings. The van der Waals surface area contributed by atoms with Crippen molar-refractivity contribution in [2.24, 2.45) is 0 Å². The lowest BCUT2D eigenvalue weighted by atomic mass is 10.2. The molecule has 0 aromatic heterocycles. The second kappa shape index (κ2) is 7.61. The normalized spacial score (nSPS) is 14.0. The van der Waals surface area contributed by atoms with E-state index in [0.717, 1.165) is 10.5 Å². The summed E-state index contributed by atoms with van der Waals surface area (Å²) in [6.45, 7) is 3.44. The third kappa shape index (κ3) is 4.23. The highest BCUT2D eigenvalue weighted by molar-refractivity contribution is 8.00. The molecule has 0 unspecified atom stereocenters. The Morgan fingerprint density at radius 3 is 2.81 bits per heavy atom. The van der Waals surface area contributed by atoms with Crippen LogP contribution in [0.3, 0.4) is 0 Å². The van der Waals surface area contributed by atoms with Gasteiger partial charge in [-0.2, -0.15) is 0 Å². The molecule has 0 saturated carbocycles. The minimum Gasteiger partial charge on any atom is -0.449 e. The van der Waals surface area contributed by atoms with Gasteiger partial charge in [0.15, 0.2) is 6.10 Å². The summed E-state index contributed by atoms with van der Waals surface area (Å²) < 4.78 is 5.25. The van der Waals surface area contributed by atoms with Crippen molar-refractivity contribution < 1.29 is 19.1 Å². The Balaban J connectivity index is 1.64. The van der Waals surface area contributed by atoms with Crippen molar-refractivity contribution in [3.63, 3.8) is 0 Å². The van der Waals surface area contributed by atoms with Gasteiger partial charge in [0, 0.05) is 10.6 Å². The fourth-order valence-electron chi connectivity index (χ4n) is 2.46. The Bertz CT molecular complexity index is 882. The number of amides is 2. The monoisotopic (exact) mass is 370 g/mol. The van der Waals surface area contributed by atoms with Crippen LogP contribution in [0.1, 0.15) is 22.8 Å². The highest BCUT2D eigenvalue weighted by Gasteiger charge is 2.21. The molecule has 0 saturated heterocycles. The van der Waals surface area contributed by atoms with Gasteiger partial charge in [-0.15, -0.1) is 11.8 Å². The molecule has 0 spiro atoms. The zero-order valence-corrected chi connectivity index (χ0v) is 15.2. The zero-order valence-electron chi connectivity index (χ0n) is 14.4. The van der Waals surface area contributed by atoms with Gasteiger partial charge in [-0.1, -0.05) is 12.1 Å². The number of carbonyl (C=O) groups is 3. The van der Waals surface area contributed by atoms with Crippen molar-refractivity contribution in [1.29, 1.82) is 0 Å². The molecule has 2 N–H and O–H groups in total. The van der Waals surface area contributed by atoms with E-state index in [1.54, 1.807) is 24.3 Å². The Kier molecular flexibility index (Phi) is 5.27. The number of anilines is 2. The van der Waals surface area contributed by atoms with Crippen LogP contribution in [-0.2, 0) is 14.3 Å². The first-order valence-electron chi connectivity index (χ1n) is 8.07. The number of fused-ring (bicyclic) bond motifs is 1. The van der Waals surface area contributed by atoms with E-state index < -0.39 is 18.0 Å². The zero-order chi connectivity index (χ0) is 18.7. The Labute approximate surface area is 155 Å². The van der Waals surface area contributed by atoms with Crippen LogP contribution in [0, 0.1) is 6.92 Å². The molecule has 2 aromatic rings. The summed E-state index contributed by atoms with van der Waals surface area (Å²) in [5.74, 6) is -0.790. The first-order valence-corrected chi connectivity index (χ1v) is 9.06. The Morgan fingerprint density at radius 1 is 1.23 bits per heavy atom. The highest BCUT2D eigenvalue weighted by Crippen LogP contribution is 2.32. The Hall–Kier alpha value is -2.80. The fraction of sp³-hybridized carbons (Fsp3) is 0.211. The van der Waals surface area contributed by atoms with Crippen LogP contribution < -0.4 is 10.6 Å². The van der Waals surface area contributed by atoms with Crippen LogP contribution in [0.15, 0.2) is 47.4 Å². The first-order chi connectivity index (χ1) is 12.4. The lowest BCUT2D eigenvalue weighted by Gasteiger charge is -2.18. The van der Waals surface area contributed by atoms with Gasteiger partial charge < -0.3 is 15.4 Å². The summed E-state index contributed by atoms with van der Waals surface area (Å²) in [6, 6.07) is 12.3. The quantitative estimate of drug-likeness (QED) is 0.807. The van der Waals surface area contributed by atoms with E-state index in [1.807, 2.05) is 25.1 Å². The van der Waals surface area contributed by atoms with Gasteiger partial charge in [0.05, 0.1) is 17.0 Å². The van der Waals surface area contributed by atoms with Crippen molar-refractivity contribution >= 4 is 40.9 Å². The summed E-state index contributed by atoms with van der Waals surface area (Å²) in [4.78, 5) is 36.9. The molecule has 134 valence electrons. The summed E-state index contributed by atoms with van der Waals surface area (Å²) in [5, 5.41) is 5.44. The lowest BCUT2D eigenvalue weighted by molar-refractivity contribution is -0.123. The number of benzene rings is 2. The smallest absolute Gasteiger partial charge is 0.338 e. The molecule has 0 radical (unpaired) electrons. The molecular weight excluding hydrogens is 352 g/mol. The number of hydrogen-bond donors (Lipinski definition) is 2. The molecule has 0 fully saturated rings. The molecule has 0 bridgehead atoms. The maximum atomic E-state index is 12.3. The van der Waals surface area contributed by atoms with Crippen LogP contribution in [0.2, 0.25) is 0 Å². The summed E-state index contributed by atoms with van der Waals surface area (Å²) >= 11 is 1.41. The second-order valence-electron chi connectivity index (χ2n) is 5.95. The first kappa shape index (κ1) is 18.0. The molecule has 1 atom stereocenters. The lowest BCUT2D eigenvalue weighted by Crippen LogP contribution is -2.30. The SMILES string of the molecule is Cc1cccc(NC(=O)[C@@H](C)OC(=O)c2ccc3c(c2)NC(=O)CS3)c1. The molecule has 6 nitrogen and oxygen atoms in total. The Morgan fingerprint density at radius 2 is 2.04 bits per heavy atom. The molecule has 3 rings (SSSR count). The van der Waals surface area contributed by atoms with E-state index >= 15 is 0 Å². The van der Waals surface area contributed by atoms with Gasteiger partial charge in [-0.25, -0.2) is 4.79 Å². The van der Waals surface area contributed by atoms with Gasteiger partial charge in [0.25, 0.3) is 5.91 Å². The van der Waals surface area contributed by atoms with E-state index in [-0.39, 0.29) is 11.5 Å². The van der Waals surface area contributed by atoms with Gasteiger partial charge in [-0.3, -0.25) is 9.59 Å². The summed E-state index contributed by atoms with van der Waals surface area (Å²) in [7, 11) is 0. The van der Waals surface area contributed by atoms with E-state index in [0.29, 0.717) is 17.1 Å². The van der Waals surface area contributed by atoms with Crippen molar-refractivity contribution in [2.75, 3.05) is 16.4 Å². The van der Waals surface area contributed by atoms with Crippen molar-refractivity contribution in [2.45, 2.75) is 24.8 Å². The molecule has 7 heteroatoms. The molecular formula is C19H18N2O4S. The molecule has 2 aromatic carbocycles. The largest absolute Gasteiger partial charge is 0.449 e. The van der Waals surface area contributed by atoms with E-state index in [1.165, 1.54) is 18.7 Å². The molecule has 1 aliphatic heterocycles. The maximum Gasteiger partial charge on any atom is 0.338 e. The average molecular weight is 370 g/mol. The molecule has 1 heterocycles. The van der Waals surface area contributed by atoms with Crippen LogP contribution in [0.5, 0.6) is 0 Å². The van der Waals surface area contributed by atoms with Crippen LogP contribution >= 0.6 is 11.8 Å². The van der Waals surface area contributed by atoms with Crippen molar-refractivity contribution in [3.05, 3.63) is 53.6 Å². The third-order valence-electron chi connectivity index (χ3n) is 3.79.